The van der Waals surface area contributed by atoms with Crippen molar-refractivity contribution in [3.8, 4) is 28.1 Å². The fourth-order valence-corrected chi connectivity index (χ4v) is 7.71. The zero-order valence-electron chi connectivity index (χ0n) is 24.8. The fourth-order valence-electron chi connectivity index (χ4n) is 7.71. The Bertz CT molecular complexity index is 1670. The molecule has 3 aliphatic rings. The zero-order valence-corrected chi connectivity index (χ0v) is 24.8. The first-order chi connectivity index (χ1) is 21.1. The van der Waals surface area contributed by atoms with Gasteiger partial charge in [0.2, 0.25) is 5.91 Å². The van der Waals surface area contributed by atoms with Crippen molar-refractivity contribution in [2.75, 3.05) is 19.7 Å². The van der Waals surface area contributed by atoms with Crippen molar-refractivity contribution in [3.05, 3.63) is 77.4 Å². The van der Waals surface area contributed by atoms with E-state index in [0.717, 1.165) is 72.3 Å². The summed E-state index contributed by atoms with van der Waals surface area (Å²) >= 11 is 0. The number of nitrogens with zero attached hydrogens (tertiary/aromatic N) is 2. The third-order valence-corrected chi connectivity index (χ3v) is 9.82. The summed E-state index contributed by atoms with van der Waals surface area (Å²) in [5.41, 5.74) is 8.22. The number of carbonyl (C=O) groups excluding carboxylic acids is 1. The van der Waals surface area contributed by atoms with E-state index in [0.29, 0.717) is 37.5 Å². The first-order valence-corrected chi connectivity index (χ1v) is 16.1. The number of carboxylic acid groups (broad SMARTS) is 1. The number of benzene rings is 3. The second-order valence-electron chi connectivity index (χ2n) is 12.4. The first kappa shape index (κ1) is 27.8. The summed E-state index contributed by atoms with van der Waals surface area (Å²) in [6.07, 6.45) is 10.6. The van der Waals surface area contributed by atoms with Crippen LogP contribution in [0.5, 0.6) is 5.75 Å². The van der Waals surface area contributed by atoms with Gasteiger partial charge in [0.25, 0.3) is 0 Å². The maximum atomic E-state index is 13.0. The number of piperidine rings is 1. The van der Waals surface area contributed by atoms with E-state index in [1.54, 1.807) is 6.07 Å². The fraction of sp³-hybridized carbons (Fsp3) is 0.405. The third kappa shape index (κ3) is 5.21. The molecule has 6 nitrogen and oxygen atoms in total. The van der Waals surface area contributed by atoms with Crippen LogP contribution in [0.25, 0.3) is 33.3 Å². The summed E-state index contributed by atoms with van der Waals surface area (Å²) in [4.78, 5) is 27.0. The second-order valence-corrected chi connectivity index (χ2v) is 12.4. The number of aromatic carboxylic acids is 1. The average Bonchev–Trinajstić information content (AvgIpc) is 3.25. The lowest BCUT2D eigenvalue weighted by Gasteiger charge is -2.27. The average molecular weight is 577 g/mol. The maximum Gasteiger partial charge on any atom is 0.335 e. The molecular weight excluding hydrogens is 536 g/mol. The number of fused-ring (bicyclic) bond motifs is 5. The Balaban J connectivity index is 1.33. The highest BCUT2D eigenvalue weighted by Gasteiger charge is 2.31. The topological polar surface area (TPSA) is 71.8 Å². The quantitative estimate of drug-likeness (QED) is 0.252. The first-order valence-electron chi connectivity index (χ1n) is 16.1. The lowest BCUT2D eigenvalue weighted by molar-refractivity contribution is -0.132. The van der Waals surface area contributed by atoms with Crippen LogP contribution in [-0.4, -0.2) is 46.1 Å². The molecule has 0 radical (unpaired) electrons. The summed E-state index contributed by atoms with van der Waals surface area (Å²) in [5, 5.41) is 11.0. The Morgan fingerprint density at radius 3 is 2.37 bits per heavy atom. The molecule has 1 saturated heterocycles. The van der Waals surface area contributed by atoms with Gasteiger partial charge in [0.1, 0.15) is 12.4 Å². The van der Waals surface area contributed by atoms with Crippen LogP contribution in [0.15, 0.2) is 60.7 Å². The molecule has 3 aromatic carbocycles. The number of para-hydroxylation sites is 1. The largest absolute Gasteiger partial charge is 0.490 e. The molecule has 0 spiro atoms. The van der Waals surface area contributed by atoms with Crippen molar-refractivity contribution < 1.29 is 19.4 Å². The van der Waals surface area contributed by atoms with Gasteiger partial charge in [-0.05, 0) is 79.3 Å². The minimum atomic E-state index is -0.903. The second kappa shape index (κ2) is 11.9. The van der Waals surface area contributed by atoms with E-state index in [-0.39, 0.29) is 5.91 Å². The number of ether oxygens (including phenoxy) is 1. The van der Waals surface area contributed by atoms with Crippen molar-refractivity contribution in [1.82, 2.24) is 9.47 Å². The van der Waals surface area contributed by atoms with E-state index in [1.807, 2.05) is 17.0 Å². The number of carboxylic acids is 1. The van der Waals surface area contributed by atoms with Gasteiger partial charge < -0.3 is 19.3 Å². The summed E-state index contributed by atoms with van der Waals surface area (Å²) in [5.74, 6) is 0.667. The van der Waals surface area contributed by atoms with E-state index < -0.39 is 5.97 Å². The Kier molecular flexibility index (Phi) is 7.69. The van der Waals surface area contributed by atoms with Crippen LogP contribution < -0.4 is 4.74 Å². The molecule has 1 N–H and O–H groups in total. The van der Waals surface area contributed by atoms with Crippen LogP contribution in [0.3, 0.4) is 0 Å². The van der Waals surface area contributed by atoms with Crippen molar-refractivity contribution in [3.63, 3.8) is 0 Å². The van der Waals surface area contributed by atoms with Gasteiger partial charge in [-0.2, -0.15) is 0 Å². The predicted octanol–water partition coefficient (Wildman–Crippen LogP) is 8.06. The van der Waals surface area contributed by atoms with Crippen molar-refractivity contribution in [1.29, 1.82) is 0 Å². The molecule has 0 unspecified atom stereocenters. The highest BCUT2D eigenvalue weighted by molar-refractivity contribution is 5.99. The minimum absolute atomic E-state index is 0.250. The molecular formula is C37H40N2O4. The molecule has 1 amide bonds. The summed E-state index contributed by atoms with van der Waals surface area (Å²) in [6, 6.07) is 20.5. The lowest BCUT2D eigenvalue weighted by Crippen LogP contribution is -2.35. The number of carbonyl (C=O) groups is 2. The number of aromatic nitrogens is 1. The standard InChI is InChI=1S/C37H40N2O4/c40-33(38-20-7-2-8-21-38)19-17-25-10-5-6-13-28(25)29-14-9-15-31-35-34(26-11-3-1-4-12-26)30-18-16-27(37(41)42)24-32(30)39(35)22-23-43-36(29)31/h5-6,9-10,13-16,18,24,26H,1-4,7-8,11-12,17,19-23H2,(H,41,42). The van der Waals surface area contributed by atoms with Gasteiger partial charge in [-0.15, -0.1) is 0 Å². The Morgan fingerprint density at radius 2 is 1.56 bits per heavy atom. The predicted molar refractivity (Wildman–Crippen MR) is 170 cm³/mol. The van der Waals surface area contributed by atoms with Crippen LogP contribution >= 0.6 is 0 Å². The van der Waals surface area contributed by atoms with E-state index in [9.17, 15) is 14.7 Å². The monoisotopic (exact) mass is 576 g/mol. The summed E-state index contributed by atoms with van der Waals surface area (Å²) in [6.45, 7) is 2.91. The molecule has 7 rings (SSSR count). The van der Waals surface area contributed by atoms with Crippen LogP contribution in [0.1, 0.15) is 85.2 Å². The maximum absolute atomic E-state index is 13.0. The number of amides is 1. The summed E-state index contributed by atoms with van der Waals surface area (Å²) in [7, 11) is 0. The molecule has 4 aromatic rings. The van der Waals surface area contributed by atoms with Gasteiger partial charge in [-0.3, -0.25) is 4.79 Å². The van der Waals surface area contributed by atoms with E-state index >= 15 is 0 Å². The van der Waals surface area contributed by atoms with Crippen molar-refractivity contribution >= 4 is 22.8 Å². The molecule has 6 heteroatoms. The molecule has 3 heterocycles. The molecule has 0 atom stereocenters. The van der Waals surface area contributed by atoms with E-state index in [2.05, 4.69) is 47.0 Å². The Morgan fingerprint density at radius 1 is 0.814 bits per heavy atom. The van der Waals surface area contributed by atoms with Crippen LogP contribution in [0.2, 0.25) is 0 Å². The number of likely N-dealkylation sites (tertiary alicyclic amines) is 1. The smallest absolute Gasteiger partial charge is 0.335 e. The van der Waals surface area contributed by atoms with Gasteiger partial charge in [0, 0.05) is 41.5 Å². The summed E-state index contributed by atoms with van der Waals surface area (Å²) < 4.78 is 8.92. The zero-order chi connectivity index (χ0) is 29.3. The molecule has 43 heavy (non-hydrogen) atoms. The number of aryl methyl sites for hydroxylation is 1. The lowest BCUT2D eigenvalue weighted by atomic mass is 9.81. The normalized spacial score (nSPS) is 17.2. The molecule has 2 fully saturated rings. The van der Waals surface area contributed by atoms with Gasteiger partial charge >= 0.3 is 5.97 Å². The van der Waals surface area contributed by atoms with Crippen LogP contribution in [0, 0.1) is 0 Å². The molecule has 2 aliphatic heterocycles. The van der Waals surface area contributed by atoms with Gasteiger partial charge in [0.05, 0.1) is 17.8 Å². The van der Waals surface area contributed by atoms with Gasteiger partial charge in [-0.1, -0.05) is 61.7 Å². The van der Waals surface area contributed by atoms with Gasteiger partial charge in [-0.25, -0.2) is 4.79 Å². The van der Waals surface area contributed by atoms with Crippen molar-refractivity contribution in [2.24, 2.45) is 0 Å². The van der Waals surface area contributed by atoms with Gasteiger partial charge in [0.15, 0.2) is 0 Å². The van der Waals surface area contributed by atoms with Crippen LogP contribution in [0.4, 0.5) is 0 Å². The minimum Gasteiger partial charge on any atom is -0.490 e. The molecule has 0 bridgehead atoms. The third-order valence-electron chi connectivity index (χ3n) is 9.82. The molecule has 222 valence electrons. The number of hydrogen-bond donors (Lipinski definition) is 1. The molecule has 1 aliphatic carbocycles. The highest BCUT2D eigenvalue weighted by Crippen LogP contribution is 2.49. The van der Waals surface area contributed by atoms with Crippen molar-refractivity contribution in [2.45, 2.75) is 76.7 Å². The Labute approximate surface area is 253 Å². The highest BCUT2D eigenvalue weighted by atomic mass is 16.5. The number of hydrogen-bond acceptors (Lipinski definition) is 3. The molecule has 1 aromatic heterocycles. The van der Waals surface area contributed by atoms with E-state index in [4.69, 9.17) is 4.74 Å². The number of rotatable bonds is 6. The van der Waals surface area contributed by atoms with E-state index in [1.165, 1.54) is 42.3 Å². The SMILES string of the molecule is O=C(O)c1ccc2c(C3CCCCC3)c3n(c2c1)CCOc1c(-c2ccccc2CCC(=O)N2CCCCC2)cccc1-3. The Hall–Kier alpha value is -4.06. The van der Waals surface area contributed by atoms with Crippen LogP contribution in [-0.2, 0) is 17.8 Å². The molecule has 1 saturated carbocycles.